The van der Waals surface area contributed by atoms with Crippen LogP contribution in [-0.4, -0.2) is 75.5 Å². The second-order valence-electron chi connectivity index (χ2n) is 8.34. The zero-order valence-electron chi connectivity index (χ0n) is 19.1. The molecule has 3 aromatic rings. The molecular formula is C25H27N5O2S2. The van der Waals surface area contributed by atoms with Crippen molar-refractivity contribution in [2.24, 2.45) is 0 Å². The van der Waals surface area contributed by atoms with E-state index in [1.54, 1.807) is 0 Å². The van der Waals surface area contributed by atoms with Gasteiger partial charge >= 0.3 is 0 Å². The van der Waals surface area contributed by atoms with Crippen LogP contribution in [0.3, 0.4) is 0 Å². The van der Waals surface area contributed by atoms with Crippen molar-refractivity contribution in [2.45, 2.75) is 6.92 Å². The summed E-state index contributed by atoms with van der Waals surface area (Å²) in [5.74, 6) is 0.693. The number of rotatable bonds is 7. The fraction of sp³-hybridized carbons (Fsp3) is 0.320. The monoisotopic (exact) mass is 493 g/mol. The lowest BCUT2D eigenvalue weighted by molar-refractivity contribution is -0.115. The maximum atomic E-state index is 12.0. The van der Waals surface area contributed by atoms with Gasteiger partial charge < -0.3 is 15.0 Å². The first-order valence-corrected chi connectivity index (χ1v) is 12.7. The minimum Gasteiger partial charge on any atom is -0.492 e. The van der Waals surface area contributed by atoms with Crippen molar-refractivity contribution in [3.63, 3.8) is 0 Å². The average molecular weight is 494 g/mol. The molecule has 0 bridgehead atoms. The second-order valence-corrected chi connectivity index (χ2v) is 10.1. The van der Waals surface area contributed by atoms with E-state index in [4.69, 9.17) is 17.0 Å². The molecule has 0 unspecified atom stereocenters. The van der Waals surface area contributed by atoms with E-state index in [1.165, 1.54) is 11.8 Å². The van der Waals surface area contributed by atoms with Crippen molar-refractivity contribution in [3.05, 3.63) is 59.3 Å². The molecule has 2 aliphatic heterocycles. The lowest BCUT2D eigenvalue weighted by atomic mass is 10.1. The number of thioether (sulfide) groups is 1. The summed E-state index contributed by atoms with van der Waals surface area (Å²) < 4.78 is 8.62. The summed E-state index contributed by atoms with van der Waals surface area (Å²) in [7, 11) is 0. The summed E-state index contributed by atoms with van der Waals surface area (Å²) in [6.45, 7) is 9.41. The molecule has 1 N–H and O–H groups in total. The molecule has 2 aliphatic rings. The molecule has 0 atom stereocenters. The molecule has 7 nitrogen and oxygen atoms in total. The van der Waals surface area contributed by atoms with Crippen LogP contribution in [0.4, 0.5) is 0 Å². The summed E-state index contributed by atoms with van der Waals surface area (Å²) >= 11 is 6.37. The quantitative estimate of drug-likeness (QED) is 0.399. The Hall–Kier alpha value is -2.72. The Morgan fingerprint density at radius 1 is 1.15 bits per heavy atom. The maximum Gasteiger partial charge on any atom is 0.263 e. The van der Waals surface area contributed by atoms with E-state index < -0.39 is 0 Å². The number of piperazine rings is 1. The number of benzene rings is 2. The first kappa shape index (κ1) is 23.0. The van der Waals surface area contributed by atoms with Gasteiger partial charge in [-0.1, -0.05) is 43.0 Å². The third-order valence-electron chi connectivity index (χ3n) is 6.20. The number of amides is 1. The van der Waals surface area contributed by atoms with Crippen LogP contribution in [0.2, 0.25) is 0 Å². The summed E-state index contributed by atoms with van der Waals surface area (Å²) in [6.07, 6.45) is 3.68. The zero-order chi connectivity index (χ0) is 23.5. The number of carbonyl (C=O) groups excluding carboxylic acids is 1. The fourth-order valence-electron chi connectivity index (χ4n) is 4.24. The summed E-state index contributed by atoms with van der Waals surface area (Å²) in [5, 5.41) is 2.66. The molecule has 2 aromatic carbocycles. The number of likely N-dealkylation sites (N-methyl/N-ethyl adjacent to an activating group) is 1. The number of nitrogens with one attached hydrogen (secondary N) is 1. The summed E-state index contributed by atoms with van der Waals surface area (Å²) in [5.41, 5.74) is 3.76. The predicted octanol–water partition coefficient (Wildman–Crippen LogP) is 3.53. The highest BCUT2D eigenvalue weighted by atomic mass is 32.2. The Morgan fingerprint density at radius 3 is 2.74 bits per heavy atom. The van der Waals surface area contributed by atoms with E-state index in [-0.39, 0.29) is 5.91 Å². The molecular weight excluding hydrogens is 466 g/mol. The smallest absolute Gasteiger partial charge is 0.263 e. The van der Waals surface area contributed by atoms with Gasteiger partial charge in [0.15, 0.2) is 0 Å². The Labute approximate surface area is 208 Å². The van der Waals surface area contributed by atoms with Gasteiger partial charge in [-0.25, -0.2) is 4.98 Å². The number of nitrogens with zero attached hydrogens (tertiary/aromatic N) is 4. The number of hydrogen-bond acceptors (Lipinski definition) is 7. The molecule has 176 valence electrons. The van der Waals surface area contributed by atoms with Crippen molar-refractivity contribution < 1.29 is 9.53 Å². The average Bonchev–Trinajstić information content (AvgIpc) is 3.41. The van der Waals surface area contributed by atoms with E-state index >= 15 is 0 Å². The van der Waals surface area contributed by atoms with Crippen LogP contribution < -0.4 is 10.1 Å². The number of imidazole rings is 1. The molecule has 34 heavy (non-hydrogen) atoms. The molecule has 0 radical (unpaired) electrons. The molecule has 1 aromatic heterocycles. The van der Waals surface area contributed by atoms with Crippen LogP contribution in [0.5, 0.6) is 5.75 Å². The number of hydrogen-bond donors (Lipinski definition) is 1. The van der Waals surface area contributed by atoms with Gasteiger partial charge in [0.25, 0.3) is 5.91 Å². The Morgan fingerprint density at radius 2 is 1.97 bits per heavy atom. The maximum absolute atomic E-state index is 12.0. The third kappa shape index (κ3) is 5.17. The van der Waals surface area contributed by atoms with Crippen LogP contribution in [0, 0.1) is 0 Å². The fourth-order valence-corrected chi connectivity index (χ4v) is 5.28. The van der Waals surface area contributed by atoms with Gasteiger partial charge in [0, 0.05) is 38.8 Å². The van der Waals surface area contributed by atoms with E-state index in [9.17, 15) is 4.79 Å². The molecule has 1 amide bonds. The highest BCUT2D eigenvalue weighted by Gasteiger charge is 2.22. The highest BCUT2D eigenvalue weighted by Crippen LogP contribution is 2.28. The molecule has 3 heterocycles. The van der Waals surface area contributed by atoms with E-state index in [2.05, 4.69) is 27.0 Å². The zero-order valence-corrected chi connectivity index (χ0v) is 20.7. The van der Waals surface area contributed by atoms with E-state index in [0.29, 0.717) is 15.8 Å². The van der Waals surface area contributed by atoms with Gasteiger partial charge in [-0.15, -0.1) is 0 Å². The second kappa shape index (κ2) is 10.3. The first-order valence-electron chi connectivity index (χ1n) is 11.5. The summed E-state index contributed by atoms with van der Waals surface area (Å²) in [4.78, 5) is 22.1. The molecule has 0 spiro atoms. The molecule has 0 saturated carbocycles. The predicted molar refractivity (Wildman–Crippen MR) is 141 cm³/mol. The number of ether oxygens (including phenoxy) is 1. The lowest BCUT2D eigenvalue weighted by Gasteiger charge is -2.33. The molecule has 2 saturated heterocycles. The van der Waals surface area contributed by atoms with Gasteiger partial charge in [0.05, 0.1) is 21.6 Å². The van der Waals surface area contributed by atoms with Crippen molar-refractivity contribution in [3.8, 4) is 11.4 Å². The topological polar surface area (TPSA) is 62.6 Å². The molecule has 0 aliphatic carbocycles. The largest absolute Gasteiger partial charge is 0.492 e. The van der Waals surface area contributed by atoms with Crippen molar-refractivity contribution in [1.82, 2.24) is 24.7 Å². The third-order valence-corrected chi connectivity index (χ3v) is 7.36. The van der Waals surface area contributed by atoms with Crippen LogP contribution in [0.1, 0.15) is 12.5 Å². The normalized spacial score (nSPS) is 18.7. The Bertz CT molecular complexity index is 1250. The van der Waals surface area contributed by atoms with Crippen LogP contribution in [0.15, 0.2) is 53.7 Å². The standard InChI is InChI=1S/C25H27N5O2S2/c1-2-28-8-10-29(11-9-28)12-13-32-20-5-3-4-19(16-20)30-17-26-21-7-6-18(14-22(21)30)15-23-24(31)27-25(33)34-23/h3-7,14-17H,2,8-13H2,1H3,(H,27,31,33). The minimum atomic E-state index is -0.152. The first-order chi connectivity index (χ1) is 16.6. The van der Waals surface area contributed by atoms with Gasteiger partial charge in [-0.2, -0.15) is 0 Å². The van der Waals surface area contributed by atoms with Crippen molar-refractivity contribution in [2.75, 3.05) is 45.9 Å². The SMILES string of the molecule is CCN1CCN(CCOc2cccc(-n3cnc4ccc(C=C5SC(=S)NC5=O)cc43)c2)CC1. The number of thiocarbonyl (C=S) groups is 1. The van der Waals surface area contributed by atoms with E-state index in [0.717, 1.165) is 67.3 Å². The van der Waals surface area contributed by atoms with Gasteiger partial charge in [-0.05, 0) is 42.4 Å². The number of carbonyl (C=O) groups is 1. The molecule has 2 fully saturated rings. The van der Waals surface area contributed by atoms with Crippen LogP contribution >= 0.6 is 24.0 Å². The van der Waals surface area contributed by atoms with Gasteiger partial charge in [-0.3, -0.25) is 14.3 Å². The summed E-state index contributed by atoms with van der Waals surface area (Å²) in [6, 6.07) is 14.0. The van der Waals surface area contributed by atoms with Gasteiger partial charge in [0.1, 0.15) is 23.0 Å². The lowest BCUT2D eigenvalue weighted by Crippen LogP contribution is -2.47. The Kier molecular flexibility index (Phi) is 6.96. The van der Waals surface area contributed by atoms with Crippen molar-refractivity contribution in [1.29, 1.82) is 0 Å². The number of fused-ring (bicyclic) bond motifs is 1. The van der Waals surface area contributed by atoms with Crippen LogP contribution in [-0.2, 0) is 4.79 Å². The molecule has 5 rings (SSSR count). The van der Waals surface area contributed by atoms with Gasteiger partial charge in [0.2, 0.25) is 0 Å². The number of aromatic nitrogens is 2. The molecule has 9 heteroatoms. The Balaban J connectivity index is 1.29. The highest BCUT2D eigenvalue weighted by molar-refractivity contribution is 8.26. The van der Waals surface area contributed by atoms with Crippen LogP contribution in [0.25, 0.3) is 22.8 Å². The van der Waals surface area contributed by atoms with Crippen molar-refractivity contribution >= 4 is 51.3 Å². The van der Waals surface area contributed by atoms with E-state index in [1.807, 2.05) is 59.4 Å². The minimum absolute atomic E-state index is 0.152.